The van der Waals surface area contributed by atoms with Crippen molar-refractivity contribution in [2.24, 2.45) is 0 Å². The van der Waals surface area contributed by atoms with Crippen molar-refractivity contribution in [3.8, 4) is 11.5 Å². The molecule has 144 valence electrons. The number of aromatic nitrogens is 2. The monoisotopic (exact) mass is 378 g/mol. The average Bonchev–Trinajstić information content (AvgIpc) is 2.76. The number of amides is 1. The Labute approximate surface area is 163 Å². The van der Waals surface area contributed by atoms with Gasteiger partial charge in [-0.1, -0.05) is 12.1 Å². The lowest BCUT2D eigenvalue weighted by molar-refractivity contribution is 0.0950. The van der Waals surface area contributed by atoms with Crippen LogP contribution in [-0.4, -0.2) is 30.1 Å². The van der Waals surface area contributed by atoms with Gasteiger partial charge in [0.25, 0.3) is 5.91 Å². The standard InChI is InChI=1S/C21H22N4O3/c1-27-18-7-5-15(10-19(18)28-2)12-25-21(26)17-6-8-20(24-14-17)23-13-16-4-3-9-22-11-16/h3-11,14H,12-13H2,1-2H3,(H,23,24)(H,25,26). The normalized spacial score (nSPS) is 10.2. The van der Waals surface area contributed by atoms with Crippen LogP contribution in [0.3, 0.4) is 0 Å². The van der Waals surface area contributed by atoms with Gasteiger partial charge >= 0.3 is 0 Å². The number of benzene rings is 1. The molecule has 0 saturated carbocycles. The highest BCUT2D eigenvalue weighted by Crippen LogP contribution is 2.27. The van der Waals surface area contributed by atoms with Crippen LogP contribution >= 0.6 is 0 Å². The molecular formula is C21H22N4O3. The van der Waals surface area contributed by atoms with Crippen LogP contribution in [0.2, 0.25) is 0 Å². The first-order valence-electron chi connectivity index (χ1n) is 8.77. The van der Waals surface area contributed by atoms with Crippen molar-refractivity contribution in [2.45, 2.75) is 13.1 Å². The van der Waals surface area contributed by atoms with E-state index in [1.54, 1.807) is 44.9 Å². The highest BCUT2D eigenvalue weighted by Gasteiger charge is 2.08. The third kappa shape index (κ3) is 4.97. The number of methoxy groups -OCH3 is 2. The summed E-state index contributed by atoms with van der Waals surface area (Å²) in [4.78, 5) is 20.7. The molecule has 3 aromatic rings. The number of hydrogen-bond donors (Lipinski definition) is 2. The number of nitrogens with zero attached hydrogens (tertiary/aromatic N) is 2. The van der Waals surface area contributed by atoms with Crippen LogP contribution in [0.1, 0.15) is 21.5 Å². The van der Waals surface area contributed by atoms with E-state index in [4.69, 9.17) is 9.47 Å². The lowest BCUT2D eigenvalue weighted by Crippen LogP contribution is -2.23. The van der Waals surface area contributed by atoms with E-state index in [2.05, 4.69) is 20.6 Å². The molecule has 2 N–H and O–H groups in total. The number of nitrogens with one attached hydrogen (secondary N) is 2. The molecule has 0 aliphatic rings. The molecule has 0 aliphatic carbocycles. The van der Waals surface area contributed by atoms with Gasteiger partial charge in [-0.15, -0.1) is 0 Å². The smallest absolute Gasteiger partial charge is 0.253 e. The first-order chi connectivity index (χ1) is 13.7. The quantitative estimate of drug-likeness (QED) is 0.627. The van der Waals surface area contributed by atoms with Gasteiger partial charge in [0, 0.05) is 31.7 Å². The Bertz CT molecular complexity index is 915. The van der Waals surface area contributed by atoms with Crippen molar-refractivity contribution in [3.63, 3.8) is 0 Å². The van der Waals surface area contributed by atoms with Crippen LogP contribution in [0.15, 0.2) is 61.1 Å². The van der Waals surface area contributed by atoms with Crippen molar-refractivity contribution in [3.05, 3.63) is 77.7 Å². The molecule has 0 aliphatic heterocycles. The van der Waals surface area contributed by atoms with E-state index in [-0.39, 0.29) is 5.91 Å². The summed E-state index contributed by atoms with van der Waals surface area (Å²) < 4.78 is 10.5. The Morgan fingerprint density at radius 3 is 2.50 bits per heavy atom. The molecule has 0 radical (unpaired) electrons. The molecule has 0 unspecified atom stereocenters. The van der Waals surface area contributed by atoms with Crippen molar-refractivity contribution >= 4 is 11.7 Å². The fraction of sp³-hybridized carbons (Fsp3) is 0.190. The maximum Gasteiger partial charge on any atom is 0.253 e. The van der Waals surface area contributed by atoms with Crippen molar-refractivity contribution in [2.75, 3.05) is 19.5 Å². The Kier molecular flexibility index (Phi) is 6.41. The number of hydrogen-bond acceptors (Lipinski definition) is 6. The molecule has 0 spiro atoms. The van der Waals surface area contributed by atoms with E-state index in [9.17, 15) is 4.79 Å². The van der Waals surface area contributed by atoms with Gasteiger partial charge in [0.05, 0.1) is 19.8 Å². The van der Waals surface area contributed by atoms with Gasteiger partial charge in [0.2, 0.25) is 0 Å². The summed E-state index contributed by atoms with van der Waals surface area (Å²) in [5.41, 5.74) is 2.46. The van der Waals surface area contributed by atoms with Crippen molar-refractivity contribution in [1.29, 1.82) is 0 Å². The number of rotatable bonds is 8. The molecule has 0 bridgehead atoms. The number of carbonyl (C=O) groups excluding carboxylic acids is 1. The maximum absolute atomic E-state index is 12.4. The minimum absolute atomic E-state index is 0.193. The topological polar surface area (TPSA) is 85.4 Å². The second-order valence-corrected chi connectivity index (χ2v) is 6.02. The van der Waals surface area contributed by atoms with E-state index in [0.717, 1.165) is 11.1 Å². The number of carbonyl (C=O) groups is 1. The summed E-state index contributed by atoms with van der Waals surface area (Å²) in [5.74, 6) is 1.78. The highest BCUT2D eigenvalue weighted by molar-refractivity contribution is 5.94. The SMILES string of the molecule is COc1ccc(CNC(=O)c2ccc(NCc3cccnc3)nc2)cc1OC. The van der Waals surface area contributed by atoms with Crippen molar-refractivity contribution < 1.29 is 14.3 Å². The highest BCUT2D eigenvalue weighted by atomic mass is 16.5. The molecule has 1 amide bonds. The van der Waals surface area contributed by atoms with Gasteiger partial charge in [0.15, 0.2) is 11.5 Å². The molecule has 0 atom stereocenters. The van der Waals surface area contributed by atoms with Gasteiger partial charge in [-0.25, -0.2) is 4.98 Å². The molecule has 0 fully saturated rings. The lowest BCUT2D eigenvalue weighted by atomic mass is 10.2. The lowest BCUT2D eigenvalue weighted by Gasteiger charge is -2.10. The number of pyridine rings is 2. The van der Waals surface area contributed by atoms with Gasteiger partial charge in [-0.2, -0.15) is 0 Å². The van der Waals surface area contributed by atoms with E-state index in [1.165, 1.54) is 0 Å². The zero-order valence-corrected chi connectivity index (χ0v) is 15.8. The van der Waals surface area contributed by atoms with E-state index < -0.39 is 0 Å². The summed E-state index contributed by atoms with van der Waals surface area (Å²) in [6.45, 7) is 0.992. The fourth-order valence-electron chi connectivity index (χ4n) is 2.60. The summed E-state index contributed by atoms with van der Waals surface area (Å²) in [6.07, 6.45) is 5.08. The van der Waals surface area contributed by atoms with Crippen LogP contribution in [-0.2, 0) is 13.1 Å². The minimum atomic E-state index is -0.193. The Morgan fingerprint density at radius 1 is 0.964 bits per heavy atom. The molecule has 2 heterocycles. The van der Waals surface area contributed by atoms with Crippen molar-refractivity contribution in [1.82, 2.24) is 15.3 Å². The van der Waals surface area contributed by atoms with Crippen LogP contribution < -0.4 is 20.1 Å². The molecule has 3 rings (SSSR count). The zero-order valence-electron chi connectivity index (χ0n) is 15.8. The first kappa shape index (κ1) is 19.2. The molecule has 0 saturated heterocycles. The number of anilines is 1. The van der Waals surface area contributed by atoms with E-state index in [1.807, 2.05) is 30.3 Å². The third-order valence-corrected chi connectivity index (χ3v) is 4.12. The van der Waals surface area contributed by atoms with Gasteiger partial charge < -0.3 is 20.1 Å². The molecular weight excluding hydrogens is 356 g/mol. The van der Waals surface area contributed by atoms with Gasteiger partial charge in [0.1, 0.15) is 5.82 Å². The molecule has 1 aromatic carbocycles. The predicted molar refractivity (Wildman–Crippen MR) is 107 cm³/mol. The Morgan fingerprint density at radius 2 is 1.82 bits per heavy atom. The third-order valence-electron chi connectivity index (χ3n) is 4.12. The summed E-state index contributed by atoms with van der Waals surface area (Å²) >= 11 is 0. The van der Waals surface area contributed by atoms with Crippen LogP contribution in [0.25, 0.3) is 0 Å². The zero-order chi connectivity index (χ0) is 19.8. The van der Waals surface area contributed by atoms with Gasteiger partial charge in [-0.3, -0.25) is 9.78 Å². The second kappa shape index (κ2) is 9.36. The molecule has 28 heavy (non-hydrogen) atoms. The van der Waals surface area contributed by atoms with E-state index >= 15 is 0 Å². The first-order valence-corrected chi connectivity index (χ1v) is 8.77. The fourth-order valence-corrected chi connectivity index (χ4v) is 2.60. The van der Waals surface area contributed by atoms with Crippen LogP contribution in [0.5, 0.6) is 11.5 Å². The summed E-state index contributed by atoms with van der Waals surface area (Å²) in [5, 5.41) is 6.08. The second-order valence-electron chi connectivity index (χ2n) is 6.02. The average molecular weight is 378 g/mol. The Balaban J connectivity index is 1.54. The molecule has 2 aromatic heterocycles. The Hall–Kier alpha value is -3.61. The van der Waals surface area contributed by atoms with Gasteiger partial charge in [-0.05, 0) is 41.5 Å². The summed E-state index contributed by atoms with van der Waals surface area (Å²) in [6, 6.07) is 12.9. The molecule has 7 heteroatoms. The number of ether oxygens (including phenoxy) is 2. The van der Waals surface area contributed by atoms with Crippen LogP contribution in [0, 0.1) is 0 Å². The van der Waals surface area contributed by atoms with Crippen LogP contribution in [0.4, 0.5) is 5.82 Å². The predicted octanol–water partition coefficient (Wildman–Crippen LogP) is 3.04. The summed E-state index contributed by atoms with van der Waals surface area (Å²) in [7, 11) is 3.16. The van der Waals surface area contributed by atoms with E-state index in [0.29, 0.717) is 36.0 Å². The maximum atomic E-state index is 12.4. The largest absolute Gasteiger partial charge is 0.493 e. The molecule has 7 nitrogen and oxygen atoms in total. The minimum Gasteiger partial charge on any atom is -0.493 e.